The number of carbonyl (C=O) groups is 2. The van der Waals surface area contributed by atoms with Gasteiger partial charge in [-0.15, -0.1) is 0 Å². The molecule has 0 saturated heterocycles. The van der Waals surface area contributed by atoms with Crippen molar-refractivity contribution in [3.05, 3.63) is 108 Å². The second-order valence-corrected chi connectivity index (χ2v) is 8.23. The number of fused-ring (bicyclic) bond motifs is 2. The Kier molecular flexibility index (Phi) is 5.26. The molecule has 4 heteroatoms. The van der Waals surface area contributed by atoms with Crippen molar-refractivity contribution in [2.24, 2.45) is 0 Å². The molecule has 5 aromatic carbocycles. The standard InChI is InChI=1S/C28H16Cl2O2/c29-27(31)19-13-9-17(10-14-19)25-21-5-1-2-6-22(21)26(24-8-4-3-7-23(24)25)18-11-15-20(16-12-18)28(30)32/h1-16H. The third kappa shape index (κ3) is 3.48. The van der Waals surface area contributed by atoms with Crippen molar-refractivity contribution >= 4 is 55.2 Å². The molecule has 0 saturated carbocycles. The van der Waals surface area contributed by atoms with Crippen LogP contribution in [0, 0.1) is 0 Å². The average molecular weight is 455 g/mol. The Morgan fingerprint density at radius 2 is 0.719 bits per heavy atom. The summed E-state index contributed by atoms with van der Waals surface area (Å²) >= 11 is 11.3. The van der Waals surface area contributed by atoms with Crippen LogP contribution >= 0.6 is 23.2 Å². The number of rotatable bonds is 4. The van der Waals surface area contributed by atoms with Crippen molar-refractivity contribution in [2.45, 2.75) is 0 Å². The summed E-state index contributed by atoms with van der Waals surface area (Å²) in [6.45, 7) is 0. The van der Waals surface area contributed by atoms with Crippen LogP contribution < -0.4 is 0 Å². The first-order valence-corrected chi connectivity index (χ1v) is 10.8. The van der Waals surface area contributed by atoms with E-state index in [2.05, 4.69) is 24.3 Å². The second kappa shape index (κ2) is 8.23. The third-order valence-corrected chi connectivity index (χ3v) is 6.17. The van der Waals surface area contributed by atoms with Crippen molar-refractivity contribution in [1.29, 1.82) is 0 Å². The van der Waals surface area contributed by atoms with Gasteiger partial charge in [-0.2, -0.15) is 0 Å². The molecular formula is C28H16Cl2O2. The first kappa shape index (κ1) is 20.4. The van der Waals surface area contributed by atoms with E-state index in [-0.39, 0.29) is 0 Å². The normalized spacial score (nSPS) is 11.1. The molecule has 0 radical (unpaired) electrons. The fraction of sp³-hybridized carbons (Fsp3) is 0. The number of carbonyl (C=O) groups excluding carboxylic acids is 2. The van der Waals surface area contributed by atoms with Gasteiger partial charge in [-0.05, 0) is 91.3 Å². The van der Waals surface area contributed by atoms with Gasteiger partial charge in [0.1, 0.15) is 0 Å². The van der Waals surface area contributed by atoms with E-state index in [1.54, 1.807) is 24.3 Å². The molecule has 0 bridgehead atoms. The Bertz CT molecular complexity index is 1330. The Morgan fingerprint density at radius 1 is 0.438 bits per heavy atom. The van der Waals surface area contributed by atoms with Crippen molar-refractivity contribution in [1.82, 2.24) is 0 Å². The van der Waals surface area contributed by atoms with E-state index in [9.17, 15) is 9.59 Å². The first-order chi connectivity index (χ1) is 15.5. The van der Waals surface area contributed by atoms with Gasteiger partial charge >= 0.3 is 0 Å². The van der Waals surface area contributed by atoms with Gasteiger partial charge in [-0.1, -0.05) is 72.8 Å². The van der Waals surface area contributed by atoms with Crippen LogP contribution in [0.5, 0.6) is 0 Å². The van der Waals surface area contributed by atoms with Gasteiger partial charge in [0.25, 0.3) is 10.5 Å². The van der Waals surface area contributed by atoms with E-state index in [0.29, 0.717) is 11.1 Å². The van der Waals surface area contributed by atoms with E-state index < -0.39 is 10.5 Å². The molecule has 154 valence electrons. The summed E-state index contributed by atoms with van der Waals surface area (Å²) in [5, 5.41) is 3.46. The maximum atomic E-state index is 11.5. The molecule has 0 heterocycles. The van der Waals surface area contributed by atoms with Crippen molar-refractivity contribution in [3.8, 4) is 22.3 Å². The SMILES string of the molecule is O=C(Cl)c1ccc(-c2c3ccccc3c(-c3ccc(C(=O)Cl)cc3)c3ccccc23)cc1. The van der Waals surface area contributed by atoms with Crippen molar-refractivity contribution < 1.29 is 9.59 Å². The third-order valence-electron chi connectivity index (χ3n) is 5.73. The summed E-state index contributed by atoms with van der Waals surface area (Å²) in [7, 11) is 0. The van der Waals surface area contributed by atoms with Crippen LogP contribution in [0.2, 0.25) is 0 Å². The summed E-state index contributed by atoms with van der Waals surface area (Å²) in [4.78, 5) is 23.0. The molecule has 0 unspecified atom stereocenters. The molecule has 0 aliphatic heterocycles. The fourth-order valence-corrected chi connectivity index (χ4v) is 4.54. The van der Waals surface area contributed by atoms with Gasteiger partial charge in [-0.25, -0.2) is 0 Å². The predicted molar refractivity (Wildman–Crippen MR) is 133 cm³/mol. The van der Waals surface area contributed by atoms with Crippen LogP contribution in [0.25, 0.3) is 43.8 Å². The zero-order valence-corrected chi connectivity index (χ0v) is 18.3. The molecule has 0 N–H and O–H groups in total. The zero-order chi connectivity index (χ0) is 22.2. The summed E-state index contributed by atoms with van der Waals surface area (Å²) in [5.41, 5.74) is 5.15. The molecule has 2 nitrogen and oxygen atoms in total. The topological polar surface area (TPSA) is 34.1 Å². The second-order valence-electron chi connectivity index (χ2n) is 7.54. The molecule has 5 aromatic rings. The number of benzene rings is 5. The zero-order valence-electron chi connectivity index (χ0n) is 16.8. The molecule has 5 rings (SSSR count). The van der Waals surface area contributed by atoms with Gasteiger partial charge in [0, 0.05) is 11.1 Å². The molecule has 32 heavy (non-hydrogen) atoms. The van der Waals surface area contributed by atoms with Gasteiger partial charge in [0.15, 0.2) is 0 Å². The minimum Gasteiger partial charge on any atom is -0.276 e. The molecule has 0 atom stereocenters. The summed E-state index contributed by atoms with van der Waals surface area (Å²) in [5.74, 6) is 0. The van der Waals surface area contributed by atoms with E-state index >= 15 is 0 Å². The van der Waals surface area contributed by atoms with Crippen LogP contribution in [-0.4, -0.2) is 10.5 Å². The Morgan fingerprint density at radius 3 is 0.969 bits per heavy atom. The minimum atomic E-state index is -0.472. The molecule has 0 amide bonds. The quantitative estimate of drug-likeness (QED) is 0.203. The fourth-order valence-electron chi connectivity index (χ4n) is 4.29. The highest BCUT2D eigenvalue weighted by molar-refractivity contribution is 6.68. The monoisotopic (exact) mass is 454 g/mol. The number of halogens is 2. The Balaban J connectivity index is 1.85. The van der Waals surface area contributed by atoms with Crippen LogP contribution in [0.1, 0.15) is 20.7 Å². The lowest BCUT2D eigenvalue weighted by molar-refractivity contribution is 0.107. The van der Waals surface area contributed by atoms with Crippen LogP contribution in [0.3, 0.4) is 0 Å². The van der Waals surface area contributed by atoms with Gasteiger partial charge in [0.2, 0.25) is 0 Å². The highest BCUT2D eigenvalue weighted by Crippen LogP contribution is 2.43. The largest absolute Gasteiger partial charge is 0.276 e. The molecular weight excluding hydrogens is 439 g/mol. The lowest BCUT2D eigenvalue weighted by atomic mass is 9.86. The van der Waals surface area contributed by atoms with E-state index in [1.165, 1.54) is 0 Å². The van der Waals surface area contributed by atoms with Gasteiger partial charge in [0.05, 0.1) is 0 Å². The molecule has 0 spiro atoms. The summed E-state index contributed by atoms with van der Waals surface area (Å²) < 4.78 is 0. The van der Waals surface area contributed by atoms with E-state index in [1.807, 2.05) is 48.5 Å². The van der Waals surface area contributed by atoms with Crippen LogP contribution in [0.4, 0.5) is 0 Å². The first-order valence-electron chi connectivity index (χ1n) is 10.1. The molecule has 0 aliphatic carbocycles. The lowest BCUT2D eigenvalue weighted by Gasteiger charge is -2.18. The van der Waals surface area contributed by atoms with Crippen molar-refractivity contribution in [2.75, 3.05) is 0 Å². The maximum absolute atomic E-state index is 11.5. The molecule has 0 aromatic heterocycles. The van der Waals surface area contributed by atoms with Crippen molar-refractivity contribution in [3.63, 3.8) is 0 Å². The van der Waals surface area contributed by atoms with E-state index in [0.717, 1.165) is 43.8 Å². The van der Waals surface area contributed by atoms with Crippen LogP contribution in [0.15, 0.2) is 97.1 Å². The summed E-state index contributed by atoms with van der Waals surface area (Å²) in [6.07, 6.45) is 0. The summed E-state index contributed by atoms with van der Waals surface area (Å²) in [6, 6.07) is 31.3. The number of hydrogen-bond donors (Lipinski definition) is 0. The van der Waals surface area contributed by atoms with Gasteiger partial charge in [-0.3, -0.25) is 9.59 Å². The maximum Gasteiger partial charge on any atom is 0.252 e. The van der Waals surface area contributed by atoms with Crippen LogP contribution in [-0.2, 0) is 0 Å². The number of hydrogen-bond acceptors (Lipinski definition) is 2. The van der Waals surface area contributed by atoms with Gasteiger partial charge < -0.3 is 0 Å². The Hall–Kier alpha value is -3.46. The predicted octanol–water partition coefficient (Wildman–Crippen LogP) is 8.09. The Labute approximate surface area is 195 Å². The average Bonchev–Trinajstić information content (AvgIpc) is 2.82. The highest BCUT2D eigenvalue weighted by atomic mass is 35.5. The highest BCUT2D eigenvalue weighted by Gasteiger charge is 2.16. The van der Waals surface area contributed by atoms with E-state index in [4.69, 9.17) is 23.2 Å². The molecule has 0 fully saturated rings. The minimum absolute atomic E-state index is 0.467. The molecule has 0 aliphatic rings. The smallest absolute Gasteiger partial charge is 0.252 e. The lowest BCUT2D eigenvalue weighted by Crippen LogP contribution is -1.93.